The highest BCUT2D eigenvalue weighted by atomic mass is 16.6. The third-order valence-electron chi connectivity index (χ3n) is 4.56. The third-order valence-corrected chi connectivity index (χ3v) is 4.56. The summed E-state index contributed by atoms with van der Waals surface area (Å²) in [6.45, 7) is 11.2. The lowest BCUT2D eigenvalue weighted by molar-refractivity contribution is -0.00856. The van der Waals surface area contributed by atoms with Gasteiger partial charge in [0.05, 0.1) is 23.6 Å². The summed E-state index contributed by atoms with van der Waals surface area (Å²) in [4.78, 5) is 25.8. The van der Waals surface area contributed by atoms with E-state index in [1.165, 1.54) is 21.2 Å². The Morgan fingerprint density at radius 3 is 1.42 bits per heavy atom. The van der Waals surface area contributed by atoms with E-state index in [2.05, 4.69) is 0 Å². The molecular formula is C20H32N2O4. The minimum atomic E-state index is -0.527. The van der Waals surface area contributed by atoms with E-state index >= 15 is 0 Å². The van der Waals surface area contributed by atoms with Crippen LogP contribution in [0.3, 0.4) is 0 Å². The van der Waals surface area contributed by atoms with Gasteiger partial charge in [-0.1, -0.05) is 13.8 Å². The standard InChI is InChI=1S/C20H32N2O4/c1-7-17-15-11-9-10-12-16(15)18(8-2)22(20(24)26-14(5)6)21(17)19(23)25-13(3)4/h13-14H,7-12H2,1-6H3. The number of fused-ring (bicyclic) bond motifs is 1. The topological polar surface area (TPSA) is 59.1 Å². The molecule has 2 amide bonds. The summed E-state index contributed by atoms with van der Waals surface area (Å²) in [7, 11) is 0. The maximum Gasteiger partial charge on any atom is 0.434 e. The molecule has 0 bridgehead atoms. The number of rotatable bonds is 4. The fourth-order valence-corrected chi connectivity index (χ4v) is 3.65. The van der Waals surface area contributed by atoms with E-state index in [-0.39, 0.29) is 12.2 Å². The molecule has 0 saturated heterocycles. The zero-order valence-corrected chi connectivity index (χ0v) is 16.9. The van der Waals surface area contributed by atoms with Crippen molar-refractivity contribution in [2.75, 3.05) is 0 Å². The highest BCUT2D eigenvalue weighted by Crippen LogP contribution is 2.42. The molecule has 0 spiro atoms. The first-order valence-corrected chi connectivity index (χ1v) is 9.77. The van der Waals surface area contributed by atoms with Crippen LogP contribution in [0, 0.1) is 0 Å². The van der Waals surface area contributed by atoms with Crippen LogP contribution in [-0.2, 0) is 9.47 Å². The van der Waals surface area contributed by atoms with Gasteiger partial charge < -0.3 is 9.47 Å². The van der Waals surface area contributed by atoms with Gasteiger partial charge >= 0.3 is 12.2 Å². The van der Waals surface area contributed by atoms with Gasteiger partial charge in [0.15, 0.2) is 0 Å². The van der Waals surface area contributed by atoms with Crippen molar-refractivity contribution in [1.29, 1.82) is 0 Å². The Balaban J connectivity index is 2.58. The first-order chi connectivity index (χ1) is 12.3. The second-order valence-corrected chi connectivity index (χ2v) is 7.25. The Hall–Kier alpha value is -1.98. The molecule has 0 aromatic heterocycles. The van der Waals surface area contributed by atoms with Gasteiger partial charge in [-0.2, -0.15) is 10.0 Å². The van der Waals surface area contributed by atoms with Crippen molar-refractivity contribution in [3.05, 3.63) is 22.5 Å². The fraction of sp³-hybridized carbons (Fsp3) is 0.700. The van der Waals surface area contributed by atoms with Gasteiger partial charge in [0.25, 0.3) is 0 Å². The number of ether oxygens (including phenoxy) is 2. The van der Waals surface area contributed by atoms with E-state index in [0.29, 0.717) is 12.8 Å². The molecule has 2 aliphatic rings. The van der Waals surface area contributed by atoms with Crippen LogP contribution in [0.1, 0.15) is 80.1 Å². The first kappa shape index (κ1) is 20.3. The molecule has 6 heteroatoms. The lowest BCUT2D eigenvalue weighted by atomic mass is 9.84. The zero-order chi connectivity index (χ0) is 19.4. The minimum Gasteiger partial charge on any atom is -0.445 e. The van der Waals surface area contributed by atoms with Crippen molar-refractivity contribution in [2.45, 2.75) is 92.3 Å². The number of nitrogens with zero attached hydrogens (tertiary/aromatic N) is 2. The van der Waals surface area contributed by atoms with Crippen molar-refractivity contribution >= 4 is 12.2 Å². The Labute approximate surface area is 156 Å². The Morgan fingerprint density at radius 2 is 1.15 bits per heavy atom. The molecule has 1 fully saturated rings. The molecule has 1 aliphatic heterocycles. The number of allylic oxidation sites excluding steroid dienone is 4. The number of hydrogen-bond acceptors (Lipinski definition) is 4. The summed E-state index contributed by atoms with van der Waals surface area (Å²) >= 11 is 0. The number of carbonyl (C=O) groups excluding carboxylic acids is 2. The van der Waals surface area contributed by atoms with Gasteiger partial charge in [0.1, 0.15) is 0 Å². The molecule has 26 heavy (non-hydrogen) atoms. The highest BCUT2D eigenvalue weighted by molar-refractivity contribution is 5.79. The highest BCUT2D eigenvalue weighted by Gasteiger charge is 2.41. The smallest absolute Gasteiger partial charge is 0.434 e. The van der Waals surface area contributed by atoms with E-state index in [1.807, 2.05) is 13.8 Å². The van der Waals surface area contributed by atoms with Crippen LogP contribution >= 0.6 is 0 Å². The molecular weight excluding hydrogens is 332 g/mol. The van der Waals surface area contributed by atoms with Crippen LogP contribution in [0.2, 0.25) is 0 Å². The van der Waals surface area contributed by atoms with Crippen molar-refractivity contribution in [3.8, 4) is 0 Å². The molecule has 1 saturated carbocycles. The Morgan fingerprint density at radius 1 is 0.808 bits per heavy atom. The molecule has 0 unspecified atom stereocenters. The van der Waals surface area contributed by atoms with Gasteiger partial charge in [0.2, 0.25) is 0 Å². The summed E-state index contributed by atoms with van der Waals surface area (Å²) in [6.07, 6.45) is 3.77. The summed E-state index contributed by atoms with van der Waals surface area (Å²) in [6, 6.07) is 0. The number of amides is 2. The van der Waals surface area contributed by atoms with E-state index in [1.54, 1.807) is 27.7 Å². The Bertz CT molecular complexity index is 565. The zero-order valence-electron chi connectivity index (χ0n) is 16.9. The van der Waals surface area contributed by atoms with Crippen LogP contribution in [0.25, 0.3) is 0 Å². The fourth-order valence-electron chi connectivity index (χ4n) is 3.65. The van der Waals surface area contributed by atoms with Crippen molar-refractivity contribution in [3.63, 3.8) is 0 Å². The average Bonchev–Trinajstić information content (AvgIpc) is 2.58. The van der Waals surface area contributed by atoms with Crippen molar-refractivity contribution in [1.82, 2.24) is 10.0 Å². The molecule has 6 nitrogen and oxygen atoms in total. The van der Waals surface area contributed by atoms with Gasteiger partial charge in [-0.25, -0.2) is 9.59 Å². The molecule has 0 radical (unpaired) electrons. The summed E-state index contributed by atoms with van der Waals surface area (Å²) in [5, 5.41) is 2.82. The van der Waals surface area contributed by atoms with Gasteiger partial charge in [-0.05, 0) is 77.4 Å². The van der Waals surface area contributed by atoms with Crippen LogP contribution in [0.15, 0.2) is 22.5 Å². The number of hydrazine groups is 1. The quantitative estimate of drug-likeness (QED) is 0.660. The second kappa shape index (κ2) is 8.60. The third kappa shape index (κ3) is 4.05. The lowest BCUT2D eigenvalue weighted by Gasteiger charge is -2.43. The van der Waals surface area contributed by atoms with Crippen LogP contribution in [-0.4, -0.2) is 34.4 Å². The SMILES string of the molecule is CCC1=C2CCCCC2=C(CC)N(C(=O)OC(C)C)N1C(=O)OC(C)C. The normalized spacial score (nSPS) is 17.8. The van der Waals surface area contributed by atoms with Crippen molar-refractivity contribution < 1.29 is 19.1 Å². The predicted molar refractivity (Wildman–Crippen MR) is 100 cm³/mol. The number of hydrogen-bond donors (Lipinski definition) is 0. The van der Waals surface area contributed by atoms with E-state index < -0.39 is 12.2 Å². The van der Waals surface area contributed by atoms with E-state index in [0.717, 1.165) is 37.1 Å². The first-order valence-electron chi connectivity index (χ1n) is 9.77. The van der Waals surface area contributed by atoms with E-state index in [9.17, 15) is 9.59 Å². The minimum absolute atomic E-state index is 0.268. The average molecular weight is 364 g/mol. The molecule has 146 valence electrons. The molecule has 0 aromatic carbocycles. The summed E-state index contributed by atoms with van der Waals surface area (Å²) in [5.41, 5.74) is 4.10. The predicted octanol–water partition coefficient (Wildman–Crippen LogP) is 5.51. The molecule has 0 atom stereocenters. The molecule has 0 N–H and O–H groups in total. The maximum absolute atomic E-state index is 12.9. The summed E-state index contributed by atoms with van der Waals surface area (Å²) in [5.74, 6) is 0. The van der Waals surface area contributed by atoms with Gasteiger partial charge in [-0.3, -0.25) is 0 Å². The lowest BCUT2D eigenvalue weighted by Crippen LogP contribution is -2.52. The van der Waals surface area contributed by atoms with Crippen LogP contribution in [0.4, 0.5) is 9.59 Å². The van der Waals surface area contributed by atoms with Crippen molar-refractivity contribution in [2.24, 2.45) is 0 Å². The van der Waals surface area contributed by atoms with Gasteiger partial charge in [0, 0.05) is 0 Å². The molecule has 2 rings (SSSR count). The van der Waals surface area contributed by atoms with Crippen LogP contribution < -0.4 is 0 Å². The Kier molecular flexibility index (Phi) is 6.73. The molecule has 0 aromatic rings. The maximum atomic E-state index is 12.9. The monoisotopic (exact) mass is 364 g/mol. The second-order valence-electron chi connectivity index (χ2n) is 7.25. The largest absolute Gasteiger partial charge is 0.445 e. The summed E-state index contributed by atoms with van der Waals surface area (Å²) < 4.78 is 10.9. The number of carbonyl (C=O) groups is 2. The van der Waals surface area contributed by atoms with Gasteiger partial charge in [-0.15, -0.1) is 0 Å². The van der Waals surface area contributed by atoms with Crippen LogP contribution in [0.5, 0.6) is 0 Å². The van der Waals surface area contributed by atoms with E-state index in [4.69, 9.17) is 9.47 Å². The molecule has 1 aliphatic carbocycles. The molecule has 1 heterocycles.